The molecule has 3 aromatic rings. The Morgan fingerprint density at radius 1 is 1.03 bits per heavy atom. The van der Waals surface area contributed by atoms with Crippen molar-refractivity contribution in [3.8, 4) is 5.75 Å². The Bertz CT molecular complexity index is 1170. The third-order valence-corrected chi connectivity index (χ3v) is 6.39. The molecule has 0 radical (unpaired) electrons. The summed E-state index contributed by atoms with van der Waals surface area (Å²) in [5, 5.41) is 6.88. The highest BCUT2D eigenvalue weighted by atomic mass is 16.5. The Balaban J connectivity index is 1.63. The zero-order valence-corrected chi connectivity index (χ0v) is 21.5. The van der Waals surface area contributed by atoms with Crippen molar-refractivity contribution in [2.45, 2.75) is 64.8 Å². The van der Waals surface area contributed by atoms with E-state index in [1.54, 1.807) is 14.0 Å². The van der Waals surface area contributed by atoms with E-state index in [1.807, 2.05) is 55.5 Å². The molecule has 3 N–H and O–H groups in total. The van der Waals surface area contributed by atoms with Gasteiger partial charge in [0.2, 0.25) is 11.8 Å². The van der Waals surface area contributed by atoms with Crippen molar-refractivity contribution in [1.82, 2.24) is 15.6 Å². The van der Waals surface area contributed by atoms with Crippen molar-refractivity contribution in [3.63, 3.8) is 0 Å². The molecule has 7 nitrogen and oxygen atoms in total. The van der Waals surface area contributed by atoms with Crippen LogP contribution in [0.15, 0.2) is 48.5 Å². The summed E-state index contributed by atoms with van der Waals surface area (Å²) in [6, 6.07) is 15.1. The average Bonchev–Trinajstić information content (AvgIpc) is 3.17. The van der Waals surface area contributed by atoms with E-state index in [4.69, 9.17) is 4.74 Å². The molecule has 7 heteroatoms. The minimum Gasteiger partial charge on any atom is -0.497 e. The second-order valence-corrected chi connectivity index (χ2v) is 9.26. The zero-order chi connectivity index (χ0) is 25.9. The smallest absolute Gasteiger partial charge is 0.242 e. The number of ether oxygens (including phenoxy) is 1. The van der Waals surface area contributed by atoms with E-state index in [0.717, 1.165) is 59.2 Å². The van der Waals surface area contributed by atoms with E-state index in [0.29, 0.717) is 19.4 Å². The number of nitrogens with one attached hydrogen (secondary N) is 3. The van der Waals surface area contributed by atoms with Crippen LogP contribution in [0.3, 0.4) is 0 Å². The Labute approximate surface area is 213 Å². The molecule has 2 aromatic carbocycles. The summed E-state index contributed by atoms with van der Waals surface area (Å²) in [6.45, 7) is 4.03. The first-order chi connectivity index (χ1) is 17.4. The number of hydrogen-bond donors (Lipinski definition) is 3. The maximum absolute atomic E-state index is 13.1. The number of aryl methyl sites for hydroxylation is 1. The van der Waals surface area contributed by atoms with Crippen LogP contribution < -0.4 is 15.4 Å². The van der Waals surface area contributed by atoms with Crippen molar-refractivity contribution in [3.05, 3.63) is 65.4 Å². The van der Waals surface area contributed by atoms with Crippen molar-refractivity contribution < 1.29 is 19.1 Å². The van der Waals surface area contributed by atoms with Crippen molar-refractivity contribution in [1.29, 1.82) is 0 Å². The SMILES string of the molecule is COc1ccc2[nH]c(C)c(CC(=O)NC(CCCCCC(C)=O)C(=O)NCCc3ccccc3)c2c1. The topological polar surface area (TPSA) is 100 Å². The molecule has 0 aliphatic carbocycles. The Morgan fingerprint density at radius 3 is 2.53 bits per heavy atom. The number of H-pyrrole nitrogens is 1. The van der Waals surface area contributed by atoms with Gasteiger partial charge in [-0.2, -0.15) is 0 Å². The van der Waals surface area contributed by atoms with Crippen LogP contribution in [0.4, 0.5) is 0 Å². The van der Waals surface area contributed by atoms with Gasteiger partial charge in [-0.1, -0.05) is 43.2 Å². The highest BCUT2D eigenvalue weighted by Crippen LogP contribution is 2.26. The molecule has 1 atom stereocenters. The first kappa shape index (κ1) is 27.0. The van der Waals surface area contributed by atoms with Gasteiger partial charge in [-0.3, -0.25) is 9.59 Å². The van der Waals surface area contributed by atoms with Crippen LogP contribution in [0.5, 0.6) is 5.75 Å². The molecule has 0 saturated heterocycles. The molecular formula is C29H37N3O4. The molecule has 0 fully saturated rings. The van der Waals surface area contributed by atoms with Gasteiger partial charge in [0, 0.05) is 29.6 Å². The lowest BCUT2D eigenvalue weighted by Crippen LogP contribution is -2.47. The summed E-state index contributed by atoms with van der Waals surface area (Å²) in [4.78, 5) is 40.6. The second kappa shape index (κ2) is 13.5. The maximum Gasteiger partial charge on any atom is 0.242 e. The first-order valence-electron chi connectivity index (χ1n) is 12.6. The molecule has 2 amide bonds. The highest BCUT2D eigenvalue weighted by molar-refractivity contribution is 5.93. The molecule has 192 valence electrons. The van der Waals surface area contributed by atoms with Crippen molar-refractivity contribution in [2.24, 2.45) is 0 Å². The predicted octanol–water partition coefficient (Wildman–Crippen LogP) is 4.41. The fourth-order valence-corrected chi connectivity index (χ4v) is 4.39. The Hall–Kier alpha value is -3.61. The number of rotatable bonds is 14. The minimum absolute atomic E-state index is 0.164. The number of hydrogen-bond acceptors (Lipinski definition) is 4. The lowest BCUT2D eigenvalue weighted by molar-refractivity contribution is -0.128. The monoisotopic (exact) mass is 491 g/mol. The molecule has 0 aliphatic heterocycles. The quantitative estimate of drug-likeness (QED) is 0.291. The van der Waals surface area contributed by atoms with Crippen LogP contribution >= 0.6 is 0 Å². The fourth-order valence-electron chi connectivity index (χ4n) is 4.39. The minimum atomic E-state index is -0.620. The number of carbonyl (C=O) groups is 3. The van der Waals surface area contributed by atoms with E-state index in [9.17, 15) is 14.4 Å². The van der Waals surface area contributed by atoms with Crippen LogP contribution in [-0.4, -0.2) is 42.3 Å². The van der Waals surface area contributed by atoms with Gasteiger partial charge in [-0.15, -0.1) is 0 Å². The van der Waals surface area contributed by atoms with Gasteiger partial charge in [-0.25, -0.2) is 0 Å². The van der Waals surface area contributed by atoms with Gasteiger partial charge in [0.1, 0.15) is 17.6 Å². The molecule has 1 unspecified atom stereocenters. The summed E-state index contributed by atoms with van der Waals surface area (Å²) in [6.07, 6.45) is 4.35. The predicted molar refractivity (Wildman–Crippen MR) is 142 cm³/mol. The zero-order valence-electron chi connectivity index (χ0n) is 21.5. The molecule has 0 aliphatic rings. The van der Waals surface area contributed by atoms with Crippen LogP contribution in [0.1, 0.15) is 55.8 Å². The van der Waals surface area contributed by atoms with Gasteiger partial charge in [0.15, 0.2) is 0 Å². The molecule has 0 bridgehead atoms. The number of methoxy groups -OCH3 is 1. The summed E-state index contributed by atoms with van der Waals surface area (Å²) in [7, 11) is 1.62. The van der Waals surface area contributed by atoms with E-state index >= 15 is 0 Å². The first-order valence-corrected chi connectivity index (χ1v) is 12.6. The Kier molecular flexibility index (Phi) is 10.1. The standard InChI is InChI=1S/C29H37N3O4/c1-20(33)10-6-4-9-13-27(29(35)30-17-16-22-11-7-5-8-12-22)32-28(34)19-24-21(2)31-26-15-14-23(36-3)18-25(24)26/h5,7-8,11-12,14-15,18,27,31H,4,6,9-10,13,16-17,19H2,1-3H3,(H,30,35)(H,32,34). The number of aromatic nitrogens is 1. The van der Waals surface area contributed by atoms with Gasteiger partial charge >= 0.3 is 0 Å². The van der Waals surface area contributed by atoms with Crippen LogP contribution in [0, 0.1) is 6.92 Å². The number of ketones is 1. The summed E-state index contributed by atoms with van der Waals surface area (Å²) < 4.78 is 5.35. The van der Waals surface area contributed by atoms with Crippen LogP contribution in [0.25, 0.3) is 10.9 Å². The largest absolute Gasteiger partial charge is 0.497 e. The fraction of sp³-hybridized carbons (Fsp3) is 0.414. The van der Waals surface area contributed by atoms with Crippen LogP contribution in [-0.2, 0) is 27.2 Å². The van der Waals surface area contributed by atoms with E-state index in [1.165, 1.54) is 0 Å². The maximum atomic E-state index is 13.1. The average molecular weight is 492 g/mol. The Morgan fingerprint density at radius 2 is 1.81 bits per heavy atom. The van der Waals surface area contributed by atoms with Gasteiger partial charge in [0.25, 0.3) is 0 Å². The number of unbranched alkanes of at least 4 members (excludes halogenated alkanes) is 2. The number of Topliss-reactive ketones (excluding diaryl/α,β-unsaturated/α-hetero) is 1. The summed E-state index contributed by atoms with van der Waals surface area (Å²) in [5.41, 5.74) is 3.90. The van der Waals surface area contributed by atoms with Crippen molar-refractivity contribution in [2.75, 3.05) is 13.7 Å². The molecule has 3 rings (SSSR count). The normalized spacial score (nSPS) is 11.8. The van der Waals surface area contributed by atoms with Gasteiger partial charge < -0.3 is 25.1 Å². The number of fused-ring (bicyclic) bond motifs is 1. The third-order valence-electron chi connectivity index (χ3n) is 6.39. The van der Waals surface area contributed by atoms with E-state index in [-0.39, 0.29) is 24.0 Å². The van der Waals surface area contributed by atoms with Crippen LogP contribution in [0.2, 0.25) is 0 Å². The number of benzene rings is 2. The molecular weight excluding hydrogens is 454 g/mol. The lowest BCUT2D eigenvalue weighted by Gasteiger charge is -2.19. The second-order valence-electron chi connectivity index (χ2n) is 9.26. The number of carbonyl (C=O) groups excluding carboxylic acids is 3. The third kappa shape index (κ3) is 7.97. The van der Waals surface area contributed by atoms with Gasteiger partial charge in [-0.05, 0) is 62.4 Å². The molecule has 0 saturated carbocycles. The molecule has 1 aromatic heterocycles. The lowest BCUT2D eigenvalue weighted by atomic mass is 10.0. The highest BCUT2D eigenvalue weighted by Gasteiger charge is 2.22. The summed E-state index contributed by atoms with van der Waals surface area (Å²) >= 11 is 0. The van der Waals surface area contributed by atoms with Gasteiger partial charge in [0.05, 0.1) is 13.5 Å². The number of aromatic amines is 1. The van der Waals surface area contributed by atoms with Crippen molar-refractivity contribution >= 4 is 28.5 Å². The van der Waals surface area contributed by atoms with E-state index in [2.05, 4.69) is 15.6 Å². The molecule has 1 heterocycles. The molecule has 0 spiro atoms. The number of amides is 2. The molecule has 36 heavy (non-hydrogen) atoms. The summed E-state index contributed by atoms with van der Waals surface area (Å²) in [5.74, 6) is 0.519. The van der Waals surface area contributed by atoms with E-state index < -0.39 is 6.04 Å².